The van der Waals surface area contributed by atoms with Crippen LogP contribution < -0.4 is 14.2 Å². The number of rotatable bonds is 12. The first-order valence-corrected chi connectivity index (χ1v) is 13.4. The van der Waals surface area contributed by atoms with Crippen LogP contribution in [0.5, 0.6) is 17.2 Å². The fourth-order valence-electron chi connectivity index (χ4n) is 3.93. The molecule has 0 saturated heterocycles. The lowest BCUT2D eigenvalue weighted by Gasteiger charge is -2.21. The summed E-state index contributed by atoms with van der Waals surface area (Å²) in [6.45, 7) is 4.29. The number of aryl methyl sites for hydroxylation is 1. The summed E-state index contributed by atoms with van der Waals surface area (Å²) in [4.78, 5) is 30.7. The summed E-state index contributed by atoms with van der Waals surface area (Å²) >= 11 is 0. The zero-order valence-corrected chi connectivity index (χ0v) is 24.1. The van der Waals surface area contributed by atoms with E-state index in [9.17, 15) is 9.59 Å². The summed E-state index contributed by atoms with van der Waals surface area (Å²) in [7, 11) is 2.82. The van der Waals surface area contributed by atoms with E-state index in [1.165, 1.54) is 12.0 Å². The van der Waals surface area contributed by atoms with Crippen LogP contribution in [0.2, 0.25) is 0 Å². The van der Waals surface area contributed by atoms with Gasteiger partial charge >= 0.3 is 12.1 Å². The largest absolute Gasteiger partial charge is 0.497 e. The molecule has 3 aromatic carbocycles. The van der Waals surface area contributed by atoms with Crippen LogP contribution in [-0.4, -0.2) is 49.3 Å². The fraction of sp³-hybridized carbons (Fsp3) is 0.242. The molecule has 0 aliphatic carbocycles. The highest BCUT2D eigenvalue weighted by Crippen LogP contribution is 2.23. The number of hydrogen-bond donors (Lipinski definition) is 0. The van der Waals surface area contributed by atoms with E-state index in [4.69, 9.17) is 23.4 Å². The number of aromatic nitrogens is 1. The highest BCUT2D eigenvalue weighted by molar-refractivity contribution is 5.79. The van der Waals surface area contributed by atoms with Gasteiger partial charge in [-0.25, -0.2) is 9.78 Å². The lowest BCUT2D eigenvalue weighted by atomic mass is 10.1. The number of esters is 1. The van der Waals surface area contributed by atoms with Gasteiger partial charge in [-0.2, -0.15) is 0 Å². The normalized spacial score (nSPS) is 11.6. The molecule has 0 N–H and O–H groups in total. The molecule has 218 valence electrons. The maximum absolute atomic E-state index is 12.8. The average Bonchev–Trinajstić information content (AvgIpc) is 3.40. The van der Waals surface area contributed by atoms with E-state index in [0.29, 0.717) is 29.7 Å². The van der Waals surface area contributed by atoms with E-state index in [-0.39, 0.29) is 19.0 Å². The van der Waals surface area contributed by atoms with Crippen molar-refractivity contribution in [1.29, 1.82) is 0 Å². The summed E-state index contributed by atoms with van der Waals surface area (Å²) in [5, 5.41) is 0. The van der Waals surface area contributed by atoms with Gasteiger partial charge in [-0.1, -0.05) is 43.3 Å². The van der Waals surface area contributed by atoms with Gasteiger partial charge in [-0.05, 0) is 67.1 Å². The smallest absolute Gasteiger partial charge is 0.416 e. The van der Waals surface area contributed by atoms with Crippen molar-refractivity contribution in [3.05, 3.63) is 102 Å². The first-order valence-electron chi connectivity index (χ1n) is 13.4. The number of carbonyl (C=O) groups is 2. The molecule has 1 atom stereocenters. The van der Waals surface area contributed by atoms with Gasteiger partial charge in [-0.15, -0.1) is 0 Å². The second kappa shape index (κ2) is 14.5. The first-order chi connectivity index (χ1) is 20.3. The Hall–Kier alpha value is -5.05. The highest BCUT2D eigenvalue weighted by Gasteiger charge is 2.20. The van der Waals surface area contributed by atoms with Crippen LogP contribution in [0.1, 0.15) is 23.9 Å². The third kappa shape index (κ3) is 8.47. The van der Waals surface area contributed by atoms with Crippen LogP contribution >= 0.6 is 0 Å². The highest BCUT2D eigenvalue weighted by atomic mass is 16.6. The van der Waals surface area contributed by atoms with Crippen molar-refractivity contribution in [3.8, 4) is 28.7 Å². The Bertz CT molecular complexity index is 1480. The van der Waals surface area contributed by atoms with Gasteiger partial charge in [0.2, 0.25) is 5.89 Å². The summed E-state index contributed by atoms with van der Waals surface area (Å²) in [5.74, 6) is 2.56. The third-order valence-corrected chi connectivity index (χ3v) is 6.32. The van der Waals surface area contributed by atoms with Crippen LogP contribution in [0.4, 0.5) is 4.79 Å². The molecule has 1 unspecified atom stereocenters. The second-order valence-electron chi connectivity index (χ2n) is 9.59. The molecule has 42 heavy (non-hydrogen) atoms. The van der Waals surface area contributed by atoms with Crippen LogP contribution in [0.15, 0.2) is 89.4 Å². The molecular formula is C33H34N2O7. The molecular weight excluding hydrogens is 536 g/mol. The number of methoxy groups -OCH3 is 2. The summed E-state index contributed by atoms with van der Waals surface area (Å²) in [6, 6.07) is 23.7. The number of benzene rings is 3. The maximum Gasteiger partial charge on any atom is 0.416 e. The molecule has 0 aliphatic heterocycles. The quantitative estimate of drug-likeness (QED) is 0.177. The predicted molar refractivity (Wildman–Crippen MR) is 158 cm³/mol. The number of ether oxygens (including phenoxy) is 4. The van der Waals surface area contributed by atoms with E-state index in [0.717, 1.165) is 22.6 Å². The predicted octanol–water partition coefficient (Wildman–Crippen LogP) is 6.56. The fourth-order valence-corrected chi connectivity index (χ4v) is 3.93. The Balaban J connectivity index is 1.31. The van der Waals surface area contributed by atoms with Crippen molar-refractivity contribution in [2.75, 3.05) is 27.4 Å². The topological polar surface area (TPSA) is 100 Å². The van der Waals surface area contributed by atoms with E-state index in [1.54, 1.807) is 31.4 Å². The Kier molecular flexibility index (Phi) is 10.4. The van der Waals surface area contributed by atoms with Crippen LogP contribution in [0, 0.1) is 12.8 Å². The second-order valence-corrected chi connectivity index (χ2v) is 9.59. The zero-order chi connectivity index (χ0) is 29.9. The number of oxazole rings is 1. The van der Waals surface area contributed by atoms with Crippen molar-refractivity contribution in [1.82, 2.24) is 9.88 Å². The molecule has 0 bridgehead atoms. The van der Waals surface area contributed by atoms with Crippen LogP contribution in [0.3, 0.4) is 0 Å². The minimum absolute atomic E-state index is 0.115. The maximum atomic E-state index is 12.8. The molecule has 0 fully saturated rings. The van der Waals surface area contributed by atoms with Gasteiger partial charge in [0.05, 0.1) is 20.8 Å². The first kappa shape index (κ1) is 29.9. The van der Waals surface area contributed by atoms with Gasteiger partial charge in [-0.3, -0.25) is 9.69 Å². The van der Waals surface area contributed by atoms with E-state index >= 15 is 0 Å². The number of amides is 1. The monoisotopic (exact) mass is 570 g/mol. The van der Waals surface area contributed by atoms with Gasteiger partial charge in [0.15, 0.2) is 0 Å². The van der Waals surface area contributed by atoms with Gasteiger partial charge < -0.3 is 23.4 Å². The van der Waals surface area contributed by atoms with Crippen LogP contribution in [-0.2, 0) is 16.1 Å². The van der Waals surface area contributed by atoms with Crippen molar-refractivity contribution >= 4 is 18.1 Å². The average molecular weight is 571 g/mol. The molecule has 0 aliphatic rings. The van der Waals surface area contributed by atoms with Crippen molar-refractivity contribution in [2.24, 2.45) is 5.92 Å². The summed E-state index contributed by atoms with van der Waals surface area (Å²) in [6.07, 6.45) is 3.31. The molecule has 1 heterocycles. The molecule has 9 nitrogen and oxygen atoms in total. The Morgan fingerprint density at radius 3 is 2.26 bits per heavy atom. The van der Waals surface area contributed by atoms with Gasteiger partial charge in [0, 0.05) is 18.0 Å². The minimum Gasteiger partial charge on any atom is -0.497 e. The molecule has 4 rings (SSSR count). The summed E-state index contributed by atoms with van der Waals surface area (Å²) < 4.78 is 27.1. The Labute approximate surface area is 245 Å². The Morgan fingerprint density at radius 1 is 0.929 bits per heavy atom. The number of hydrogen-bond acceptors (Lipinski definition) is 8. The summed E-state index contributed by atoms with van der Waals surface area (Å²) in [5.41, 5.74) is 2.51. The van der Waals surface area contributed by atoms with Crippen LogP contribution in [0.25, 0.3) is 17.5 Å². The van der Waals surface area contributed by atoms with E-state index < -0.39 is 12.1 Å². The van der Waals surface area contributed by atoms with Gasteiger partial charge in [0.25, 0.3) is 0 Å². The zero-order valence-electron chi connectivity index (χ0n) is 24.1. The minimum atomic E-state index is -0.676. The third-order valence-electron chi connectivity index (χ3n) is 6.32. The Morgan fingerprint density at radius 2 is 1.60 bits per heavy atom. The standard InChI is InChI=1S/C33H34N2O7/c1-23(10-19-30-24(2)41-32(34-30)26-8-6-5-7-9-26)22-40-28-13-11-25(12-14-28)20-35(21-31(36)39-4)33(37)42-29-17-15-27(38-3)16-18-29/h5-19,23H,20-22H2,1-4H3/b19-10+. The molecule has 1 aromatic heterocycles. The lowest BCUT2D eigenvalue weighted by Crippen LogP contribution is -2.37. The molecule has 9 heteroatoms. The van der Waals surface area contributed by atoms with Crippen molar-refractivity contribution in [2.45, 2.75) is 20.4 Å². The SMILES string of the molecule is COC(=O)CN(Cc1ccc(OCC(C)/C=C/c2nc(-c3ccccc3)oc2C)cc1)C(=O)Oc1ccc(OC)cc1. The van der Waals surface area contributed by atoms with Gasteiger partial charge in [0.1, 0.15) is 35.2 Å². The van der Waals surface area contributed by atoms with E-state index in [2.05, 4.69) is 11.9 Å². The molecule has 0 saturated carbocycles. The molecule has 4 aromatic rings. The van der Waals surface area contributed by atoms with Crippen molar-refractivity contribution < 1.29 is 33.0 Å². The van der Waals surface area contributed by atoms with E-state index in [1.807, 2.05) is 73.7 Å². The van der Waals surface area contributed by atoms with Crippen molar-refractivity contribution in [3.63, 3.8) is 0 Å². The lowest BCUT2D eigenvalue weighted by molar-refractivity contribution is -0.141. The molecule has 1 amide bonds. The number of nitrogens with zero attached hydrogens (tertiary/aromatic N) is 2. The molecule has 0 spiro atoms. The number of carbonyl (C=O) groups excluding carboxylic acids is 2. The molecule has 0 radical (unpaired) electrons.